The van der Waals surface area contributed by atoms with Crippen molar-refractivity contribution >= 4 is 14.2 Å². The van der Waals surface area contributed by atoms with Gasteiger partial charge in [0.05, 0.1) is 0 Å². The van der Waals surface area contributed by atoms with Gasteiger partial charge in [-0.15, -0.1) is 0 Å². The number of ether oxygens (including phenoxy) is 1. The first-order chi connectivity index (χ1) is 7.31. The Hall–Kier alpha value is 0.435. The molecule has 0 aliphatic rings. The van der Waals surface area contributed by atoms with Crippen LogP contribution in [0.1, 0.15) is 44.9 Å². The van der Waals surface area contributed by atoms with Gasteiger partial charge in [-0.25, -0.2) is 0 Å². The summed E-state index contributed by atoms with van der Waals surface area (Å²) in [4.78, 5) is 10.8. The number of allylic oxidation sites excluding steroid dienone is 1. The van der Waals surface area contributed by atoms with E-state index in [2.05, 4.69) is 14.4 Å². The Kier molecular flexibility index (Phi) is 12.9. The fourth-order valence-corrected chi connectivity index (χ4v) is 3.86. The fraction of sp³-hybridized carbons (Fsp3) is 0.727. The van der Waals surface area contributed by atoms with Gasteiger partial charge in [-0.05, 0) is 0 Å². The predicted molar refractivity (Wildman–Crippen MR) is 59.3 cm³/mol. The molecule has 0 bridgehead atoms. The van der Waals surface area contributed by atoms with Gasteiger partial charge in [0.15, 0.2) is 0 Å². The maximum atomic E-state index is 10.8. The van der Waals surface area contributed by atoms with Crippen molar-refractivity contribution in [3.8, 4) is 0 Å². The molecule has 15 heavy (non-hydrogen) atoms. The summed E-state index contributed by atoms with van der Waals surface area (Å²) in [5.74, 6) is -0.0898. The third kappa shape index (κ3) is 12.4. The third-order valence-electron chi connectivity index (χ3n) is 2.24. The van der Waals surface area contributed by atoms with Crippen LogP contribution >= 0.6 is 8.25 Å². The van der Waals surface area contributed by atoms with Crippen LogP contribution in [0.25, 0.3) is 0 Å². The number of halogens is 1. The Labute approximate surface area is 108 Å². The van der Waals surface area contributed by atoms with Crippen LogP contribution in [0.5, 0.6) is 0 Å². The average Bonchev–Trinajstić information content (AvgIpc) is 2.26. The monoisotopic (exact) mass is 420 g/mol. The number of hydrogen-bond donors (Lipinski definition) is 0. The van der Waals surface area contributed by atoms with Crippen LogP contribution in [0.15, 0.2) is 9.66 Å². The molecule has 84 valence electrons. The maximum absolute atomic E-state index is 10.8. The van der Waals surface area contributed by atoms with Gasteiger partial charge in [-0.2, -0.15) is 0 Å². The van der Waals surface area contributed by atoms with E-state index in [0.29, 0.717) is 6.42 Å². The van der Waals surface area contributed by atoms with Crippen LogP contribution in [-0.2, 0) is 32.9 Å². The van der Waals surface area contributed by atoms with E-state index in [1.54, 1.807) is 0 Å². The number of methoxy groups -OCH3 is 1. The van der Waals surface area contributed by atoms with Crippen molar-refractivity contribution in [2.45, 2.75) is 44.9 Å². The van der Waals surface area contributed by atoms with Crippen LogP contribution in [0.2, 0.25) is 0 Å². The molecule has 0 aliphatic carbocycles. The molecule has 0 heterocycles. The number of rotatable bonds is 9. The zero-order valence-electron chi connectivity index (χ0n) is 9.51. The molecule has 0 spiro atoms. The quantitative estimate of drug-likeness (QED) is 0.324. The second-order valence-corrected chi connectivity index (χ2v) is 9.25. The van der Waals surface area contributed by atoms with Gasteiger partial charge in [0.25, 0.3) is 0 Å². The zero-order chi connectivity index (χ0) is 11.4. The fourth-order valence-electron chi connectivity index (χ4n) is 1.34. The number of unbranched alkanes of at least 4 members (excludes halogenated alkanes) is 5. The van der Waals surface area contributed by atoms with Crippen LogP contribution in [-0.4, -0.2) is 13.1 Å². The van der Waals surface area contributed by atoms with Crippen molar-refractivity contribution in [2.24, 2.45) is 0 Å². The van der Waals surface area contributed by atoms with Crippen LogP contribution in [0.4, 0.5) is 0 Å². The topological polar surface area (TPSA) is 26.3 Å². The van der Waals surface area contributed by atoms with E-state index in [-0.39, 0.29) is 5.97 Å². The molecular weight excluding hydrogens is 400 g/mol. The predicted octanol–water partition coefficient (Wildman–Crippen LogP) is 3.64. The second kappa shape index (κ2) is 12.5. The Bertz CT molecular complexity index is 183. The van der Waals surface area contributed by atoms with Crippen LogP contribution in [0, 0.1) is 0 Å². The molecule has 0 aromatic carbocycles. The van der Waals surface area contributed by atoms with Crippen LogP contribution in [0.3, 0.4) is 0 Å². The van der Waals surface area contributed by atoms with Crippen molar-refractivity contribution in [3.05, 3.63) is 9.66 Å². The molecule has 2 nitrogen and oxygen atoms in total. The molecule has 0 radical (unpaired) electrons. The molecule has 0 atom stereocenters. The van der Waals surface area contributed by atoms with Gasteiger partial charge < -0.3 is 0 Å². The van der Waals surface area contributed by atoms with E-state index < -0.39 is 23.3 Å². The minimum absolute atomic E-state index is 0.0898. The summed E-state index contributed by atoms with van der Waals surface area (Å²) >= 11 is -1.01. The molecule has 4 heteroatoms. The van der Waals surface area contributed by atoms with Gasteiger partial charge in [-0.1, -0.05) is 0 Å². The van der Waals surface area contributed by atoms with E-state index in [9.17, 15) is 4.79 Å². The number of hydrogen-bond acceptors (Lipinski definition) is 2. The van der Waals surface area contributed by atoms with E-state index in [1.807, 2.05) is 0 Å². The van der Waals surface area contributed by atoms with Crippen molar-refractivity contribution < 1.29 is 32.9 Å². The molecule has 0 unspecified atom stereocenters. The molecule has 0 aromatic rings. The third-order valence-corrected chi connectivity index (χ3v) is 5.79. The Morgan fingerprint density at radius 1 is 1.27 bits per heavy atom. The van der Waals surface area contributed by atoms with Crippen molar-refractivity contribution in [1.29, 1.82) is 0 Å². The summed E-state index contributed by atoms with van der Waals surface area (Å²) in [6.45, 7) is 0. The molecule has 0 amide bonds. The Morgan fingerprint density at radius 2 is 1.93 bits per heavy atom. The first kappa shape index (κ1) is 15.4. The van der Waals surface area contributed by atoms with E-state index in [0.717, 1.165) is 12.8 Å². The molecule has 0 saturated carbocycles. The standard InChI is InChI=1S/C11H19O2.ClH.Hg/c1-3-4-5-6-7-8-9-10-11(12)13-2;;/h1,3H,4-10H2,2H3;1H;/q;;+1/p-1. The summed E-state index contributed by atoms with van der Waals surface area (Å²) in [5, 5.41) is 0. The molecular formula is C11H19ClHgO2. The molecule has 0 N–H and O–H groups in total. The zero-order valence-corrected chi connectivity index (χ0v) is 15.8. The molecule has 0 rings (SSSR count). The minimum atomic E-state index is -1.01. The Morgan fingerprint density at radius 3 is 2.60 bits per heavy atom. The molecule has 0 aliphatic heterocycles. The second-order valence-electron chi connectivity index (χ2n) is 3.51. The first-order valence-electron chi connectivity index (χ1n) is 5.59. The van der Waals surface area contributed by atoms with Gasteiger partial charge >= 0.3 is 109 Å². The summed E-state index contributed by atoms with van der Waals surface area (Å²) < 4.78 is 6.77. The molecule has 0 saturated heterocycles. The summed E-state index contributed by atoms with van der Waals surface area (Å²) in [7, 11) is 7.16. The van der Waals surface area contributed by atoms with Gasteiger partial charge in [0.1, 0.15) is 0 Å². The Balaban J connectivity index is 3.05. The van der Waals surface area contributed by atoms with Crippen molar-refractivity contribution in [3.63, 3.8) is 0 Å². The first-order valence-corrected chi connectivity index (χ1v) is 15.5. The van der Waals surface area contributed by atoms with Gasteiger partial charge in [0, 0.05) is 0 Å². The SMILES string of the molecule is COC(=O)CCCCCCC/C=[CH]/[Hg][Cl]. The summed E-state index contributed by atoms with van der Waals surface area (Å²) in [6.07, 6.45) is 9.78. The van der Waals surface area contributed by atoms with E-state index >= 15 is 0 Å². The molecule has 0 aromatic heterocycles. The number of esters is 1. The van der Waals surface area contributed by atoms with E-state index in [1.165, 1.54) is 32.8 Å². The summed E-state index contributed by atoms with van der Waals surface area (Å²) in [5.41, 5.74) is 0. The number of carbonyl (C=O) groups is 1. The van der Waals surface area contributed by atoms with Crippen molar-refractivity contribution in [1.82, 2.24) is 0 Å². The van der Waals surface area contributed by atoms with Gasteiger partial charge in [0.2, 0.25) is 0 Å². The van der Waals surface area contributed by atoms with Gasteiger partial charge in [-0.3, -0.25) is 0 Å². The number of carbonyl (C=O) groups excluding carboxylic acids is 1. The van der Waals surface area contributed by atoms with Crippen LogP contribution < -0.4 is 0 Å². The normalized spacial score (nSPS) is 10.3. The van der Waals surface area contributed by atoms with Crippen molar-refractivity contribution in [2.75, 3.05) is 7.11 Å². The van der Waals surface area contributed by atoms with E-state index in [4.69, 9.17) is 8.25 Å². The molecule has 0 fully saturated rings. The average molecular weight is 419 g/mol. The summed E-state index contributed by atoms with van der Waals surface area (Å²) in [6, 6.07) is 0.